The molecule has 2 heterocycles. The van der Waals surface area contributed by atoms with Crippen LogP contribution < -0.4 is 16.4 Å². The Morgan fingerprint density at radius 2 is 2.25 bits per heavy atom. The quantitative estimate of drug-likeness (QED) is 0.682. The fourth-order valence-corrected chi connectivity index (χ4v) is 3.03. The predicted octanol–water partition coefficient (Wildman–Crippen LogP) is 1.29. The molecule has 3 unspecified atom stereocenters. The second kappa shape index (κ2) is 5.49. The van der Waals surface area contributed by atoms with E-state index in [-0.39, 0.29) is 11.4 Å². The second-order valence-electron chi connectivity index (χ2n) is 6.75. The molecule has 5 N–H and O–H groups in total. The van der Waals surface area contributed by atoms with E-state index in [0.29, 0.717) is 12.5 Å². The Labute approximate surface area is 140 Å². The van der Waals surface area contributed by atoms with Crippen LogP contribution in [0.1, 0.15) is 19.2 Å². The van der Waals surface area contributed by atoms with Crippen LogP contribution in [0.2, 0.25) is 0 Å². The fraction of sp³-hybridized carbons (Fsp3) is 0.333. The summed E-state index contributed by atoms with van der Waals surface area (Å²) in [5, 5.41) is 6.17. The van der Waals surface area contributed by atoms with Gasteiger partial charge in [0.1, 0.15) is 6.04 Å². The van der Waals surface area contributed by atoms with Crippen molar-refractivity contribution in [1.29, 1.82) is 0 Å². The average molecular weight is 323 g/mol. The number of amides is 1. The van der Waals surface area contributed by atoms with E-state index in [9.17, 15) is 4.79 Å². The van der Waals surface area contributed by atoms with Crippen molar-refractivity contribution in [3.05, 3.63) is 48.3 Å². The number of nitrogens with one attached hydrogen (secondary N) is 3. The molecule has 0 spiro atoms. The molecule has 0 saturated heterocycles. The number of aromatic nitrogens is 2. The lowest BCUT2D eigenvalue weighted by Gasteiger charge is -2.21. The van der Waals surface area contributed by atoms with Crippen molar-refractivity contribution in [3.8, 4) is 0 Å². The highest BCUT2D eigenvalue weighted by Crippen LogP contribution is 2.39. The minimum atomic E-state index is -0.420. The zero-order valence-corrected chi connectivity index (χ0v) is 13.5. The number of carbonyl (C=O) groups is 1. The van der Waals surface area contributed by atoms with Crippen LogP contribution in [-0.4, -0.2) is 34.0 Å². The number of nitrogens with zero attached hydrogens (tertiary/aromatic N) is 1. The van der Waals surface area contributed by atoms with E-state index in [2.05, 4.69) is 27.5 Å². The Kier molecular flexibility index (Phi) is 3.42. The zero-order valence-electron chi connectivity index (χ0n) is 13.5. The third-order valence-corrected chi connectivity index (χ3v) is 4.90. The molecule has 1 amide bonds. The Hall–Kier alpha value is -2.60. The molecule has 1 aromatic carbocycles. The summed E-state index contributed by atoms with van der Waals surface area (Å²) < 4.78 is 0. The number of para-hydroxylation sites is 2. The van der Waals surface area contributed by atoms with Gasteiger partial charge in [-0.25, -0.2) is 4.98 Å². The smallest absolute Gasteiger partial charge is 0.246 e. The Morgan fingerprint density at radius 3 is 3.00 bits per heavy atom. The Bertz CT molecular complexity index is 819. The molecular formula is C18H21N5O. The van der Waals surface area contributed by atoms with Crippen molar-refractivity contribution in [3.63, 3.8) is 0 Å². The highest BCUT2D eigenvalue weighted by Gasteiger charge is 2.47. The number of rotatable bonds is 4. The number of nitrogens with two attached hydrogens (primary N) is 1. The number of carbonyl (C=O) groups excluding carboxylic acids is 1. The van der Waals surface area contributed by atoms with Gasteiger partial charge in [-0.15, -0.1) is 0 Å². The molecule has 124 valence electrons. The summed E-state index contributed by atoms with van der Waals surface area (Å²) in [6.07, 6.45) is 6.59. The second-order valence-corrected chi connectivity index (χ2v) is 6.75. The molecule has 6 heteroatoms. The maximum atomic E-state index is 12.4. The number of imidazole rings is 1. The van der Waals surface area contributed by atoms with E-state index in [1.165, 1.54) is 0 Å². The summed E-state index contributed by atoms with van der Waals surface area (Å²) in [6.45, 7) is 2.62. The summed E-state index contributed by atoms with van der Waals surface area (Å²) in [4.78, 5) is 20.2. The van der Waals surface area contributed by atoms with Crippen molar-refractivity contribution in [1.82, 2.24) is 20.6 Å². The van der Waals surface area contributed by atoms with E-state index in [1.807, 2.05) is 42.5 Å². The molecule has 3 atom stereocenters. The summed E-state index contributed by atoms with van der Waals surface area (Å²) in [6, 6.07) is 7.43. The molecule has 24 heavy (non-hydrogen) atoms. The van der Waals surface area contributed by atoms with E-state index < -0.39 is 6.04 Å². The molecule has 4 rings (SSSR count). The van der Waals surface area contributed by atoms with Gasteiger partial charge in [-0.2, -0.15) is 0 Å². The number of fused-ring (bicyclic) bond motifs is 1. The molecule has 6 nitrogen and oxygen atoms in total. The number of benzene rings is 1. The molecule has 0 radical (unpaired) electrons. The lowest BCUT2D eigenvalue weighted by atomic mass is 10.1. The number of hydrogen-bond acceptors (Lipinski definition) is 4. The normalized spacial score (nSPS) is 28.3. The van der Waals surface area contributed by atoms with Crippen molar-refractivity contribution in [2.45, 2.75) is 24.9 Å². The standard InChI is InChI=1S/C18H21N5O/c1-11-9-18(11,19)10-20-17(24)15-8-4-7-14(21-15)16-22-12-5-2-3-6-13(12)23-16/h2-8,11,15,21H,9-10,19H2,1H3,(H,20,24)(H,22,23). The SMILES string of the molecule is CC1CC1(N)CNC(=O)C1C=CC=C(c2nc3ccccc3[nH]2)N1. The van der Waals surface area contributed by atoms with Crippen molar-refractivity contribution >= 4 is 22.6 Å². The lowest BCUT2D eigenvalue weighted by molar-refractivity contribution is -0.121. The number of aromatic amines is 1. The van der Waals surface area contributed by atoms with Crippen LogP contribution in [0.3, 0.4) is 0 Å². The van der Waals surface area contributed by atoms with E-state index in [1.54, 1.807) is 0 Å². The van der Waals surface area contributed by atoms with Crippen LogP contribution in [0.25, 0.3) is 16.7 Å². The lowest BCUT2D eigenvalue weighted by Crippen LogP contribution is -2.48. The molecule has 1 aromatic heterocycles. The van der Waals surface area contributed by atoms with Gasteiger partial charge in [-0.3, -0.25) is 4.79 Å². The molecule has 1 aliphatic heterocycles. The molecule has 2 aliphatic rings. The minimum Gasteiger partial charge on any atom is -0.368 e. The molecule has 1 aliphatic carbocycles. The number of dihydropyridines is 1. The summed E-state index contributed by atoms with van der Waals surface area (Å²) in [5.41, 5.74) is 8.59. The maximum Gasteiger partial charge on any atom is 0.246 e. The van der Waals surface area contributed by atoms with Crippen molar-refractivity contribution < 1.29 is 4.79 Å². The van der Waals surface area contributed by atoms with Gasteiger partial charge in [0, 0.05) is 12.1 Å². The summed E-state index contributed by atoms with van der Waals surface area (Å²) in [7, 11) is 0. The first kappa shape index (κ1) is 15.0. The molecule has 1 saturated carbocycles. The van der Waals surface area contributed by atoms with Crippen LogP contribution >= 0.6 is 0 Å². The summed E-state index contributed by atoms with van der Waals surface area (Å²) >= 11 is 0. The van der Waals surface area contributed by atoms with Crippen molar-refractivity contribution in [2.75, 3.05) is 6.54 Å². The van der Waals surface area contributed by atoms with Gasteiger partial charge in [0.15, 0.2) is 5.82 Å². The third-order valence-electron chi connectivity index (χ3n) is 4.90. The minimum absolute atomic E-state index is 0.0723. The van der Waals surface area contributed by atoms with Crippen molar-refractivity contribution in [2.24, 2.45) is 11.7 Å². The average Bonchev–Trinajstić information content (AvgIpc) is 3.01. The highest BCUT2D eigenvalue weighted by atomic mass is 16.2. The van der Waals surface area contributed by atoms with Gasteiger partial charge < -0.3 is 21.4 Å². The van der Waals surface area contributed by atoms with E-state index in [4.69, 9.17) is 5.73 Å². The molecular weight excluding hydrogens is 302 g/mol. The van der Waals surface area contributed by atoms with Gasteiger partial charge in [0.2, 0.25) is 5.91 Å². The van der Waals surface area contributed by atoms with Crippen LogP contribution in [0.15, 0.2) is 42.5 Å². The molecule has 1 fully saturated rings. The first-order valence-corrected chi connectivity index (χ1v) is 8.22. The van der Waals surface area contributed by atoms with Gasteiger partial charge in [0.05, 0.1) is 16.7 Å². The van der Waals surface area contributed by atoms with Crippen LogP contribution in [-0.2, 0) is 4.79 Å². The monoisotopic (exact) mass is 323 g/mol. The topological polar surface area (TPSA) is 95.8 Å². The first-order chi connectivity index (χ1) is 11.5. The van der Waals surface area contributed by atoms with Gasteiger partial charge in [-0.05, 0) is 30.5 Å². The summed E-state index contributed by atoms with van der Waals surface area (Å²) in [5.74, 6) is 1.13. The number of hydrogen-bond donors (Lipinski definition) is 4. The first-order valence-electron chi connectivity index (χ1n) is 8.22. The highest BCUT2D eigenvalue weighted by molar-refractivity contribution is 5.87. The Balaban J connectivity index is 1.44. The number of H-pyrrole nitrogens is 1. The predicted molar refractivity (Wildman–Crippen MR) is 93.8 cm³/mol. The van der Waals surface area contributed by atoms with E-state index >= 15 is 0 Å². The fourth-order valence-electron chi connectivity index (χ4n) is 3.03. The van der Waals surface area contributed by atoms with Gasteiger partial charge >= 0.3 is 0 Å². The molecule has 2 aromatic rings. The largest absolute Gasteiger partial charge is 0.368 e. The molecule has 0 bridgehead atoms. The number of allylic oxidation sites excluding steroid dienone is 2. The maximum absolute atomic E-state index is 12.4. The van der Waals surface area contributed by atoms with E-state index in [0.717, 1.165) is 29.0 Å². The Morgan fingerprint density at radius 1 is 1.46 bits per heavy atom. The zero-order chi connectivity index (χ0) is 16.7. The van der Waals surface area contributed by atoms with Crippen LogP contribution in [0.4, 0.5) is 0 Å². The van der Waals surface area contributed by atoms with Gasteiger partial charge in [-0.1, -0.05) is 31.2 Å². The van der Waals surface area contributed by atoms with Crippen LogP contribution in [0, 0.1) is 5.92 Å². The van der Waals surface area contributed by atoms with Gasteiger partial charge in [0.25, 0.3) is 0 Å². The van der Waals surface area contributed by atoms with Crippen LogP contribution in [0.5, 0.6) is 0 Å². The third kappa shape index (κ3) is 2.69.